The largest absolute Gasteiger partial charge is 0.416 e. The van der Waals surface area contributed by atoms with Gasteiger partial charge in [-0.05, 0) is 61.9 Å². The number of nitrogens with one attached hydrogen (secondary N) is 1. The zero-order valence-electron chi connectivity index (χ0n) is 16.8. The lowest BCUT2D eigenvalue weighted by molar-refractivity contribution is -0.112. The number of rotatable bonds is 5. The molecule has 1 N–H and O–H groups in total. The molecular formula is C25H21N3O2. The summed E-state index contributed by atoms with van der Waals surface area (Å²) in [6.45, 7) is 3.81. The third kappa shape index (κ3) is 4.52. The lowest BCUT2D eigenvalue weighted by atomic mass is 10.1. The first-order chi connectivity index (χ1) is 14.6. The highest BCUT2D eigenvalue weighted by atomic mass is 16.4. The maximum atomic E-state index is 12.4. The Hall–Kier alpha value is -3.99. The Morgan fingerprint density at radius 3 is 2.27 bits per heavy atom. The smallest absolute Gasteiger partial charge is 0.251 e. The fourth-order valence-electron chi connectivity index (χ4n) is 3.03. The summed E-state index contributed by atoms with van der Waals surface area (Å²) in [6, 6.07) is 25.0. The van der Waals surface area contributed by atoms with Crippen LogP contribution in [0.3, 0.4) is 0 Å². The molecule has 148 valence electrons. The molecular weight excluding hydrogens is 374 g/mol. The molecule has 1 heterocycles. The van der Waals surface area contributed by atoms with Crippen LogP contribution in [0.5, 0.6) is 0 Å². The lowest BCUT2D eigenvalue weighted by Gasteiger charge is -2.06. The first-order valence-corrected chi connectivity index (χ1v) is 9.64. The predicted molar refractivity (Wildman–Crippen MR) is 119 cm³/mol. The van der Waals surface area contributed by atoms with Crippen molar-refractivity contribution in [3.05, 3.63) is 95.6 Å². The lowest BCUT2D eigenvalue weighted by Crippen LogP contribution is -2.12. The molecule has 0 fully saturated rings. The van der Waals surface area contributed by atoms with Crippen molar-refractivity contribution in [2.24, 2.45) is 0 Å². The highest BCUT2D eigenvalue weighted by Gasteiger charge is 2.11. The van der Waals surface area contributed by atoms with Crippen molar-refractivity contribution in [3.8, 4) is 22.9 Å². The molecule has 0 unspecified atom stereocenters. The number of hydrogen-bond donors (Lipinski definition) is 1. The number of benzene rings is 3. The monoisotopic (exact) mass is 395 g/mol. The maximum absolute atomic E-state index is 12.4. The van der Waals surface area contributed by atoms with E-state index in [1.54, 1.807) is 6.92 Å². The fraction of sp³-hybridized carbons (Fsp3) is 0.0800. The molecule has 5 heteroatoms. The van der Waals surface area contributed by atoms with Crippen molar-refractivity contribution in [3.63, 3.8) is 0 Å². The summed E-state index contributed by atoms with van der Waals surface area (Å²) in [6.07, 6.45) is 1.86. The molecule has 0 spiro atoms. The predicted octanol–water partition coefficient (Wildman–Crippen LogP) is 5.75. The Bertz CT molecular complexity index is 1190. The summed E-state index contributed by atoms with van der Waals surface area (Å²) in [5.74, 6) is 0.767. The number of aromatic nitrogens is 2. The summed E-state index contributed by atoms with van der Waals surface area (Å²) < 4.78 is 5.82. The Morgan fingerprint density at radius 2 is 1.57 bits per heavy atom. The van der Waals surface area contributed by atoms with Crippen molar-refractivity contribution in [2.45, 2.75) is 13.8 Å². The van der Waals surface area contributed by atoms with Gasteiger partial charge in [0.05, 0.1) is 0 Å². The van der Waals surface area contributed by atoms with Crippen LogP contribution < -0.4 is 5.32 Å². The van der Waals surface area contributed by atoms with Gasteiger partial charge in [0, 0.05) is 22.4 Å². The molecule has 3 aromatic carbocycles. The quantitative estimate of drug-likeness (QED) is 0.437. The molecule has 4 aromatic rings. The average Bonchev–Trinajstić information content (AvgIpc) is 3.25. The molecule has 0 saturated heterocycles. The van der Waals surface area contributed by atoms with E-state index in [2.05, 4.69) is 15.5 Å². The topological polar surface area (TPSA) is 68.0 Å². The van der Waals surface area contributed by atoms with Crippen LogP contribution in [0, 0.1) is 6.92 Å². The van der Waals surface area contributed by atoms with E-state index in [0.717, 1.165) is 22.3 Å². The van der Waals surface area contributed by atoms with E-state index in [9.17, 15) is 4.79 Å². The van der Waals surface area contributed by atoms with Crippen LogP contribution >= 0.6 is 0 Å². The number of carbonyl (C=O) groups excluding carboxylic acids is 1. The molecule has 5 nitrogen and oxygen atoms in total. The van der Waals surface area contributed by atoms with Crippen LogP contribution in [-0.2, 0) is 4.79 Å². The Kier molecular flexibility index (Phi) is 5.52. The normalized spacial score (nSPS) is 11.3. The molecule has 30 heavy (non-hydrogen) atoms. The van der Waals surface area contributed by atoms with Crippen molar-refractivity contribution in [1.29, 1.82) is 0 Å². The van der Waals surface area contributed by atoms with Gasteiger partial charge in [-0.1, -0.05) is 48.0 Å². The van der Waals surface area contributed by atoms with Crippen molar-refractivity contribution in [1.82, 2.24) is 10.2 Å². The third-order valence-electron chi connectivity index (χ3n) is 4.62. The van der Waals surface area contributed by atoms with Gasteiger partial charge in [-0.2, -0.15) is 0 Å². The highest BCUT2D eigenvalue weighted by molar-refractivity contribution is 6.06. The van der Waals surface area contributed by atoms with Crippen LogP contribution in [0.2, 0.25) is 0 Å². The first kappa shape index (κ1) is 19.3. The van der Waals surface area contributed by atoms with Gasteiger partial charge in [0.25, 0.3) is 5.91 Å². The zero-order chi connectivity index (χ0) is 20.9. The van der Waals surface area contributed by atoms with Crippen LogP contribution in [0.15, 0.2) is 88.9 Å². The molecule has 0 radical (unpaired) electrons. The molecule has 1 amide bonds. The number of hydrogen-bond acceptors (Lipinski definition) is 4. The van der Waals surface area contributed by atoms with Gasteiger partial charge in [-0.25, -0.2) is 0 Å². The molecule has 0 saturated carbocycles. The van der Waals surface area contributed by atoms with Gasteiger partial charge < -0.3 is 9.73 Å². The van der Waals surface area contributed by atoms with Gasteiger partial charge in [0.15, 0.2) is 0 Å². The molecule has 4 rings (SSSR count). The molecule has 0 aliphatic rings. The zero-order valence-corrected chi connectivity index (χ0v) is 16.8. The number of carbonyl (C=O) groups is 1. The number of nitrogens with zero attached hydrogens (tertiary/aromatic N) is 2. The molecule has 1 aromatic heterocycles. The standard InChI is InChI=1S/C25H21N3O2/c1-17-7-6-10-21(15-17)25-28-27-24(30-25)20-11-13-22(14-12-20)26-23(29)18(2)16-19-8-4-3-5-9-19/h3-16H,1-2H3,(H,26,29)/b18-16+. The second kappa shape index (κ2) is 8.57. The second-order valence-corrected chi connectivity index (χ2v) is 7.05. The van der Waals surface area contributed by atoms with Crippen molar-refractivity contribution in [2.75, 3.05) is 5.32 Å². The summed E-state index contributed by atoms with van der Waals surface area (Å²) in [7, 11) is 0. The molecule has 0 bridgehead atoms. The minimum Gasteiger partial charge on any atom is -0.416 e. The molecule has 0 aliphatic carbocycles. The summed E-state index contributed by atoms with van der Waals surface area (Å²) >= 11 is 0. The Morgan fingerprint density at radius 1 is 0.867 bits per heavy atom. The van der Waals surface area contributed by atoms with Gasteiger partial charge in [0.2, 0.25) is 11.8 Å². The summed E-state index contributed by atoms with van der Waals surface area (Å²) in [5.41, 5.74) is 5.12. The van der Waals surface area contributed by atoms with Crippen LogP contribution in [0.4, 0.5) is 5.69 Å². The molecule has 0 aliphatic heterocycles. The Balaban J connectivity index is 1.46. The number of aryl methyl sites for hydroxylation is 1. The summed E-state index contributed by atoms with van der Waals surface area (Å²) in [5, 5.41) is 11.2. The minimum absolute atomic E-state index is 0.147. The van der Waals surface area contributed by atoms with E-state index in [1.165, 1.54) is 0 Å². The van der Waals surface area contributed by atoms with E-state index in [4.69, 9.17) is 4.42 Å². The minimum atomic E-state index is -0.147. The maximum Gasteiger partial charge on any atom is 0.251 e. The average molecular weight is 395 g/mol. The van der Waals surface area contributed by atoms with Gasteiger partial charge in [0.1, 0.15) is 0 Å². The van der Waals surface area contributed by atoms with E-state index < -0.39 is 0 Å². The van der Waals surface area contributed by atoms with Crippen LogP contribution in [0.1, 0.15) is 18.1 Å². The summed E-state index contributed by atoms with van der Waals surface area (Å²) in [4.78, 5) is 12.4. The van der Waals surface area contributed by atoms with E-state index in [1.807, 2.05) is 91.9 Å². The van der Waals surface area contributed by atoms with Crippen molar-refractivity contribution >= 4 is 17.7 Å². The van der Waals surface area contributed by atoms with E-state index >= 15 is 0 Å². The SMILES string of the molecule is C/C(=C\c1ccccc1)C(=O)Nc1ccc(-c2nnc(-c3cccc(C)c3)o2)cc1. The van der Waals surface area contributed by atoms with Crippen LogP contribution in [0.25, 0.3) is 29.0 Å². The van der Waals surface area contributed by atoms with Crippen molar-refractivity contribution < 1.29 is 9.21 Å². The van der Waals surface area contributed by atoms with Gasteiger partial charge >= 0.3 is 0 Å². The third-order valence-corrected chi connectivity index (χ3v) is 4.62. The number of amides is 1. The fourth-order valence-corrected chi connectivity index (χ4v) is 3.03. The second-order valence-electron chi connectivity index (χ2n) is 7.05. The highest BCUT2D eigenvalue weighted by Crippen LogP contribution is 2.25. The van der Waals surface area contributed by atoms with E-state index in [0.29, 0.717) is 23.0 Å². The van der Waals surface area contributed by atoms with E-state index in [-0.39, 0.29) is 5.91 Å². The first-order valence-electron chi connectivity index (χ1n) is 9.64. The van der Waals surface area contributed by atoms with Gasteiger partial charge in [-0.15, -0.1) is 10.2 Å². The van der Waals surface area contributed by atoms with Gasteiger partial charge in [-0.3, -0.25) is 4.79 Å². The molecule has 0 atom stereocenters. The Labute approximate surface area is 175 Å². The van der Waals surface area contributed by atoms with Crippen LogP contribution in [-0.4, -0.2) is 16.1 Å². The number of anilines is 1.